The lowest BCUT2D eigenvalue weighted by Crippen LogP contribution is -2.54. The third-order valence-corrected chi connectivity index (χ3v) is 7.02. The Labute approximate surface area is 200 Å². The summed E-state index contributed by atoms with van der Waals surface area (Å²) in [5.74, 6) is -1.47. The number of hydrogen-bond donors (Lipinski definition) is 2. The lowest BCUT2D eigenvalue weighted by atomic mass is 9.91. The minimum absolute atomic E-state index is 0.0476. The molecule has 1 saturated heterocycles. The van der Waals surface area contributed by atoms with Gasteiger partial charge in [0.2, 0.25) is 5.91 Å². The Balaban J connectivity index is 1.39. The van der Waals surface area contributed by atoms with Crippen LogP contribution in [-0.4, -0.2) is 53.2 Å². The first kappa shape index (κ1) is 23.8. The fourth-order valence-corrected chi connectivity index (χ4v) is 5.25. The van der Waals surface area contributed by atoms with Gasteiger partial charge in [0.25, 0.3) is 0 Å². The van der Waals surface area contributed by atoms with Gasteiger partial charge in [-0.15, -0.1) is 0 Å². The number of ether oxygens (including phenoxy) is 1. The Morgan fingerprint density at radius 2 is 1.71 bits per heavy atom. The molecule has 1 fully saturated rings. The number of amides is 2. The molecule has 2 aliphatic rings. The maximum atomic E-state index is 13.2. The van der Waals surface area contributed by atoms with Crippen molar-refractivity contribution in [2.24, 2.45) is 5.92 Å². The van der Waals surface area contributed by atoms with Crippen LogP contribution in [0.2, 0.25) is 0 Å². The van der Waals surface area contributed by atoms with Crippen molar-refractivity contribution in [3.63, 3.8) is 0 Å². The van der Waals surface area contributed by atoms with Crippen molar-refractivity contribution in [1.29, 1.82) is 0 Å². The van der Waals surface area contributed by atoms with Crippen LogP contribution in [0.15, 0.2) is 48.5 Å². The lowest BCUT2D eigenvalue weighted by molar-refractivity contribution is -0.148. The second-order valence-electron chi connectivity index (χ2n) is 9.25. The molecule has 2 aromatic rings. The molecule has 7 heteroatoms. The van der Waals surface area contributed by atoms with Gasteiger partial charge in [-0.2, -0.15) is 0 Å². The number of carbonyl (C=O) groups excluding carboxylic acids is 2. The summed E-state index contributed by atoms with van der Waals surface area (Å²) in [5, 5.41) is 12.1. The topological polar surface area (TPSA) is 95.9 Å². The van der Waals surface area contributed by atoms with Crippen molar-refractivity contribution >= 4 is 18.0 Å². The van der Waals surface area contributed by atoms with Gasteiger partial charge in [-0.25, -0.2) is 4.79 Å². The Morgan fingerprint density at radius 1 is 1.09 bits per heavy atom. The van der Waals surface area contributed by atoms with Crippen molar-refractivity contribution in [2.75, 3.05) is 13.2 Å². The van der Waals surface area contributed by atoms with Crippen LogP contribution in [0.1, 0.15) is 56.6 Å². The van der Waals surface area contributed by atoms with Gasteiger partial charge in [0.1, 0.15) is 12.6 Å². The normalized spacial score (nSPS) is 20.2. The number of fused-ring (bicyclic) bond motifs is 3. The van der Waals surface area contributed by atoms with Crippen LogP contribution in [-0.2, 0) is 14.3 Å². The van der Waals surface area contributed by atoms with E-state index in [1.54, 1.807) is 4.90 Å². The zero-order chi connectivity index (χ0) is 24.2. The zero-order valence-electron chi connectivity index (χ0n) is 19.7. The Hall–Kier alpha value is -3.35. The van der Waals surface area contributed by atoms with Gasteiger partial charge in [0.05, 0.1) is 5.92 Å². The molecule has 180 valence electrons. The van der Waals surface area contributed by atoms with Crippen LogP contribution in [0.4, 0.5) is 4.79 Å². The monoisotopic (exact) mass is 464 g/mol. The lowest BCUT2D eigenvalue weighted by Gasteiger charge is -2.38. The van der Waals surface area contributed by atoms with Crippen LogP contribution < -0.4 is 5.32 Å². The third-order valence-electron chi connectivity index (χ3n) is 7.02. The predicted molar refractivity (Wildman–Crippen MR) is 128 cm³/mol. The maximum Gasteiger partial charge on any atom is 0.407 e. The quantitative estimate of drug-likeness (QED) is 0.633. The fourth-order valence-electron chi connectivity index (χ4n) is 5.25. The van der Waals surface area contributed by atoms with E-state index in [0.29, 0.717) is 25.8 Å². The first-order valence-electron chi connectivity index (χ1n) is 12.1. The van der Waals surface area contributed by atoms with Crippen molar-refractivity contribution in [3.05, 3.63) is 59.7 Å². The largest absolute Gasteiger partial charge is 0.481 e. The van der Waals surface area contributed by atoms with E-state index in [2.05, 4.69) is 29.6 Å². The Bertz CT molecular complexity index is 1020. The van der Waals surface area contributed by atoms with E-state index in [0.717, 1.165) is 28.7 Å². The number of alkyl carbamates (subject to hydrolysis) is 1. The summed E-state index contributed by atoms with van der Waals surface area (Å²) in [6, 6.07) is 15.4. The number of nitrogens with zero attached hydrogens (tertiary/aromatic N) is 1. The first-order chi connectivity index (χ1) is 16.4. The molecule has 2 aromatic carbocycles. The number of piperidine rings is 1. The van der Waals surface area contributed by atoms with E-state index >= 15 is 0 Å². The number of likely N-dealkylation sites (tertiary alicyclic amines) is 1. The zero-order valence-corrected chi connectivity index (χ0v) is 19.7. The van der Waals surface area contributed by atoms with Crippen LogP contribution in [0.3, 0.4) is 0 Å². The predicted octanol–water partition coefficient (Wildman–Crippen LogP) is 4.41. The second-order valence-corrected chi connectivity index (χ2v) is 9.25. The number of nitrogens with one attached hydrogen (secondary N) is 1. The summed E-state index contributed by atoms with van der Waals surface area (Å²) in [4.78, 5) is 39.0. The maximum absolute atomic E-state index is 13.2. The molecule has 0 bridgehead atoms. The van der Waals surface area contributed by atoms with E-state index in [4.69, 9.17) is 4.74 Å². The van der Waals surface area contributed by atoms with E-state index < -0.39 is 24.0 Å². The van der Waals surface area contributed by atoms with Gasteiger partial charge >= 0.3 is 12.1 Å². The fraction of sp³-hybridized carbons (Fsp3) is 0.444. The summed E-state index contributed by atoms with van der Waals surface area (Å²) in [6.45, 7) is 4.39. The van der Waals surface area contributed by atoms with E-state index in [1.165, 1.54) is 0 Å². The summed E-state index contributed by atoms with van der Waals surface area (Å²) >= 11 is 0. The molecule has 2 amide bonds. The molecule has 2 N–H and O–H groups in total. The summed E-state index contributed by atoms with van der Waals surface area (Å²) in [6.07, 6.45) is 1.45. The molecule has 0 saturated carbocycles. The van der Waals surface area contributed by atoms with Crippen molar-refractivity contribution in [1.82, 2.24) is 10.2 Å². The molecule has 0 aromatic heterocycles. The van der Waals surface area contributed by atoms with Crippen LogP contribution in [0.25, 0.3) is 11.1 Å². The molecule has 4 rings (SSSR count). The number of aliphatic carboxylic acids is 1. The number of carboxylic acid groups (broad SMARTS) is 1. The van der Waals surface area contributed by atoms with Gasteiger partial charge < -0.3 is 20.1 Å². The minimum atomic E-state index is -0.819. The molecule has 34 heavy (non-hydrogen) atoms. The summed E-state index contributed by atoms with van der Waals surface area (Å²) in [7, 11) is 0. The average molecular weight is 465 g/mol. The SMILES string of the molecule is CCC[C@H](NC(=O)OCC1c2ccccc2-c2ccccc21)C(=O)N1CC[C@@H](C(=O)O)C[C@H]1C. The molecule has 0 spiro atoms. The van der Waals surface area contributed by atoms with Gasteiger partial charge in [-0.05, 0) is 48.4 Å². The number of carbonyl (C=O) groups is 3. The highest BCUT2D eigenvalue weighted by atomic mass is 16.5. The number of benzene rings is 2. The highest BCUT2D eigenvalue weighted by Gasteiger charge is 2.36. The van der Waals surface area contributed by atoms with E-state index in [-0.39, 0.29) is 24.5 Å². The highest BCUT2D eigenvalue weighted by molar-refractivity contribution is 5.86. The van der Waals surface area contributed by atoms with Gasteiger partial charge in [-0.1, -0.05) is 61.9 Å². The molecular formula is C27H32N2O5. The number of carboxylic acids is 1. The standard InChI is InChI=1S/C27H32N2O5/c1-3-8-24(25(30)29-14-13-18(26(31)32)15-17(29)2)28-27(33)34-16-23-21-11-6-4-9-19(21)20-10-5-7-12-22(20)23/h4-7,9-12,17-18,23-24H,3,8,13-16H2,1-2H3,(H,28,33)(H,31,32)/t17-,18-,24+/m1/s1. The molecule has 0 radical (unpaired) electrons. The van der Waals surface area contributed by atoms with Crippen LogP contribution in [0, 0.1) is 5.92 Å². The van der Waals surface area contributed by atoms with E-state index in [9.17, 15) is 19.5 Å². The summed E-state index contributed by atoms with van der Waals surface area (Å²) in [5.41, 5.74) is 4.58. The molecular weight excluding hydrogens is 432 g/mol. The smallest absolute Gasteiger partial charge is 0.407 e. The third kappa shape index (κ3) is 4.79. The minimum Gasteiger partial charge on any atom is -0.481 e. The van der Waals surface area contributed by atoms with Crippen molar-refractivity contribution in [2.45, 2.75) is 57.5 Å². The van der Waals surface area contributed by atoms with Crippen LogP contribution >= 0.6 is 0 Å². The first-order valence-corrected chi connectivity index (χ1v) is 12.1. The van der Waals surface area contributed by atoms with Gasteiger partial charge in [0, 0.05) is 18.5 Å². The summed E-state index contributed by atoms with van der Waals surface area (Å²) < 4.78 is 5.63. The Morgan fingerprint density at radius 3 is 2.26 bits per heavy atom. The molecule has 7 nitrogen and oxygen atoms in total. The Kier molecular flexibility index (Phi) is 7.20. The number of rotatable bonds is 7. The van der Waals surface area contributed by atoms with Crippen molar-refractivity contribution in [3.8, 4) is 11.1 Å². The molecule has 3 atom stereocenters. The molecule has 0 unspecified atom stereocenters. The van der Waals surface area contributed by atoms with Gasteiger partial charge in [0.15, 0.2) is 0 Å². The number of hydrogen-bond acceptors (Lipinski definition) is 4. The molecule has 1 aliphatic heterocycles. The second kappa shape index (κ2) is 10.3. The van der Waals surface area contributed by atoms with Crippen LogP contribution in [0.5, 0.6) is 0 Å². The molecule has 1 heterocycles. The van der Waals surface area contributed by atoms with Gasteiger partial charge in [-0.3, -0.25) is 9.59 Å². The molecule has 1 aliphatic carbocycles. The average Bonchev–Trinajstić information content (AvgIpc) is 3.15. The van der Waals surface area contributed by atoms with E-state index in [1.807, 2.05) is 38.1 Å². The highest BCUT2D eigenvalue weighted by Crippen LogP contribution is 2.44. The van der Waals surface area contributed by atoms with Crippen molar-refractivity contribution < 1.29 is 24.2 Å².